The molecule has 0 bridgehead atoms. The van der Waals surface area contributed by atoms with Crippen LogP contribution in [0.3, 0.4) is 0 Å². The molecule has 0 saturated heterocycles. The van der Waals surface area contributed by atoms with Gasteiger partial charge < -0.3 is 15.7 Å². The largest absolute Gasteiger partial charge is 0.394 e. The second-order valence-electron chi connectivity index (χ2n) is 5.74. The molecule has 1 atom stereocenters. The van der Waals surface area contributed by atoms with E-state index in [4.69, 9.17) is 12.2 Å². The van der Waals surface area contributed by atoms with Crippen molar-refractivity contribution in [3.8, 4) is 0 Å². The highest BCUT2D eigenvalue weighted by atomic mass is 32.1. The Bertz CT molecular complexity index is 397. The highest BCUT2D eigenvalue weighted by Crippen LogP contribution is 2.04. The van der Waals surface area contributed by atoms with Gasteiger partial charge >= 0.3 is 0 Å². The normalized spacial score (nSPS) is 11.9. The Morgan fingerprint density at radius 2 is 1.77 bits per heavy atom. The van der Waals surface area contributed by atoms with Crippen LogP contribution in [0.25, 0.3) is 0 Å². The number of rotatable bonds is 11. The second-order valence-corrected chi connectivity index (χ2v) is 6.15. The molecule has 22 heavy (non-hydrogen) atoms. The zero-order valence-electron chi connectivity index (χ0n) is 13.7. The number of aliphatic hydroxyl groups excluding tert-OH is 1. The fourth-order valence-electron chi connectivity index (χ4n) is 2.40. The van der Waals surface area contributed by atoms with Gasteiger partial charge in [-0.3, -0.25) is 0 Å². The summed E-state index contributed by atoms with van der Waals surface area (Å²) in [7, 11) is 0. The lowest BCUT2D eigenvalue weighted by molar-refractivity contribution is 0.254. The number of unbranched alkanes of at least 4 members (excludes halogenated alkanes) is 5. The highest BCUT2D eigenvalue weighted by molar-refractivity contribution is 7.80. The van der Waals surface area contributed by atoms with Crippen molar-refractivity contribution in [2.24, 2.45) is 0 Å². The van der Waals surface area contributed by atoms with Gasteiger partial charge in [-0.1, -0.05) is 69.4 Å². The average molecular weight is 323 g/mol. The van der Waals surface area contributed by atoms with E-state index >= 15 is 0 Å². The lowest BCUT2D eigenvalue weighted by Gasteiger charge is -2.19. The molecule has 124 valence electrons. The summed E-state index contributed by atoms with van der Waals surface area (Å²) in [5.74, 6) is 0. The molecule has 4 heteroatoms. The zero-order valence-corrected chi connectivity index (χ0v) is 14.5. The van der Waals surface area contributed by atoms with Crippen LogP contribution in [-0.4, -0.2) is 29.4 Å². The van der Waals surface area contributed by atoms with Gasteiger partial charge in [0, 0.05) is 6.54 Å². The lowest BCUT2D eigenvalue weighted by Crippen LogP contribution is -2.44. The first-order valence-electron chi connectivity index (χ1n) is 8.45. The van der Waals surface area contributed by atoms with Gasteiger partial charge in [0.1, 0.15) is 0 Å². The summed E-state index contributed by atoms with van der Waals surface area (Å²) in [4.78, 5) is 0. The number of hydrogen-bond donors (Lipinski definition) is 3. The molecule has 3 nitrogen and oxygen atoms in total. The maximum absolute atomic E-state index is 9.48. The topological polar surface area (TPSA) is 44.3 Å². The second kappa shape index (κ2) is 12.4. The van der Waals surface area contributed by atoms with Gasteiger partial charge in [-0.05, 0) is 30.6 Å². The summed E-state index contributed by atoms with van der Waals surface area (Å²) in [5, 5.41) is 16.6. The summed E-state index contributed by atoms with van der Waals surface area (Å²) in [5.41, 5.74) is 1.20. The predicted octanol–water partition coefficient (Wildman–Crippen LogP) is 3.41. The molecular weight excluding hydrogens is 292 g/mol. The van der Waals surface area contributed by atoms with Crippen molar-refractivity contribution in [2.75, 3.05) is 13.2 Å². The van der Waals surface area contributed by atoms with Crippen LogP contribution in [0.1, 0.15) is 51.0 Å². The molecule has 1 aromatic carbocycles. The monoisotopic (exact) mass is 322 g/mol. The summed E-state index contributed by atoms with van der Waals surface area (Å²) in [6, 6.07) is 10.1. The minimum absolute atomic E-state index is 0.0352. The third-order valence-electron chi connectivity index (χ3n) is 3.70. The lowest BCUT2D eigenvalue weighted by atomic mass is 10.1. The van der Waals surface area contributed by atoms with E-state index < -0.39 is 0 Å². The molecule has 0 aliphatic carbocycles. The van der Waals surface area contributed by atoms with Crippen LogP contribution >= 0.6 is 12.2 Å². The van der Waals surface area contributed by atoms with Crippen LogP contribution in [0.4, 0.5) is 0 Å². The van der Waals surface area contributed by atoms with Crippen molar-refractivity contribution in [3.63, 3.8) is 0 Å². The molecule has 0 aromatic heterocycles. The zero-order chi connectivity index (χ0) is 16.0. The van der Waals surface area contributed by atoms with Crippen molar-refractivity contribution >= 4 is 17.3 Å². The van der Waals surface area contributed by atoms with E-state index in [1.807, 2.05) is 18.2 Å². The van der Waals surface area contributed by atoms with Crippen LogP contribution < -0.4 is 10.6 Å². The molecule has 0 fully saturated rings. The average Bonchev–Trinajstić information content (AvgIpc) is 2.54. The smallest absolute Gasteiger partial charge is 0.166 e. The maximum atomic E-state index is 9.48. The van der Waals surface area contributed by atoms with Crippen molar-refractivity contribution in [1.82, 2.24) is 10.6 Å². The van der Waals surface area contributed by atoms with Gasteiger partial charge in [-0.2, -0.15) is 0 Å². The minimum atomic E-state index is -0.0352. The van der Waals surface area contributed by atoms with Gasteiger partial charge in [0.2, 0.25) is 0 Å². The van der Waals surface area contributed by atoms with Crippen molar-refractivity contribution in [2.45, 2.75) is 57.9 Å². The summed E-state index contributed by atoms with van der Waals surface area (Å²) >= 11 is 5.30. The van der Waals surface area contributed by atoms with Crippen molar-refractivity contribution in [3.05, 3.63) is 35.9 Å². The van der Waals surface area contributed by atoms with Gasteiger partial charge in [0.15, 0.2) is 5.11 Å². The molecule has 0 aliphatic heterocycles. The van der Waals surface area contributed by atoms with E-state index in [1.54, 1.807) is 0 Å². The number of hydrogen-bond acceptors (Lipinski definition) is 2. The number of benzene rings is 1. The standard InChI is InChI=1S/C18H30N2OS/c1-2-3-4-5-6-10-13-19-18(22)20-17(15-21)14-16-11-8-7-9-12-16/h7-9,11-12,17,21H,2-6,10,13-15H2,1H3,(H2,19,20,22)/t17-/m1/s1. The third kappa shape index (κ3) is 9.00. The fourth-order valence-corrected chi connectivity index (χ4v) is 2.67. The van der Waals surface area contributed by atoms with Gasteiger partial charge in [0.25, 0.3) is 0 Å². The first-order valence-corrected chi connectivity index (χ1v) is 8.86. The molecule has 0 spiro atoms. The Hall–Kier alpha value is -1.13. The third-order valence-corrected chi connectivity index (χ3v) is 3.96. The molecule has 0 amide bonds. The highest BCUT2D eigenvalue weighted by Gasteiger charge is 2.09. The first kappa shape index (κ1) is 18.9. The predicted molar refractivity (Wildman–Crippen MR) is 98.1 cm³/mol. The molecule has 1 rings (SSSR count). The number of nitrogens with one attached hydrogen (secondary N) is 2. The van der Waals surface area contributed by atoms with E-state index in [0.29, 0.717) is 5.11 Å². The fraction of sp³-hybridized carbons (Fsp3) is 0.611. The van der Waals surface area contributed by atoms with Crippen LogP contribution in [0.15, 0.2) is 30.3 Å². The van der Waals surface area contributed by atoms with Crippen LogP contribution in [0.5, 0.6) is 0 Å². The molecule has 0 heterocycles. The summed E-state index contributed by atoms with van der Waals surface area (Å²) < 4.78 is 0. The molecule has 3 N–H and O–H groups in total. The molecule has 0 saturated carbocycles. The van der Waals surface area contributed by atoms with Gasteiger partial charge in [-0.25, -0.2) is 0 Å². The summed E-state index contributed by atoms with van der Waals surface area (Å²) in [6.07, 6.45) is 8.44. The Morgan fingerprint density at radius 1 is 1.09 bits per heavy atom. The van der Waals surface area contributed by atoms with Crippen LogP contribution in [-0.2, 0) is 6.42 Å². The molecular formula is C18H30N2OS. The summed E-state index contributed by atoms with van der Waals surface area (Å²) in [6.45, 7) is 3.22. The van der Waals surface area contributed by atoms with E-state index in [1.165, 1.54) is 37.7 Å². The number of thiocarbonyl (C=S) groups is 1. The molecule has 0 unspecified atom stereocenters. The van der Waals surface area contributed by atoms with Crippen molar-refractivity contribution in [1.29, 1.82) is 0 Å². The Kier molecular flexibility index (Phi) is 10.7. The van der Waals surface area contributed by atoms with E-state index in [0.717, 1.165) is 19.4 Å². The van der Waals surface area contributed by atoms with Crippen LogP contribution in [0, 0.1) is 0 Å². The quantitative estimate of drug-likeness (QED) is 0.431. The molecule has 0 aliphatic rings. The van der Waals surface area contributed by atoms with E-state index in [2.05, 4.69) is 29.7 Å². The Morgan fingerprint density at radius 3 is 2.45 bits per heavy atom. The van der Waals surface area contributed by atoms with E-state index in [9.17, 15) is 5.11 Å². The van der Waals surface area contributed by atoms with Crippen molar-refractivity contribution < 1.29 is 5.11 Å². The first-order chi connectivity index (χ1) is 10.8. The minimum Gasteiger partial charge on any atom is -0.394 e. The Labute approximate surface area is 140 Å². The van der Waals surface area contributed by atoms with E-state index in [-0.39, 0.29) is 12.6 Å². The SMILES string of the molecule is CCCCCCCCNC(=S)N[C@@H](CO)Cc1ccccc1. The molecule has 0 radical (unpaired) electrons. The van der Waals surface area contributed by atoms with Gasteiger partial charge in [-0.15, -0.1) is 0 Å². The van der Waals surface area contributed by atoms with Gasteiger partial charge in [0.05, 0.1) is 12.6 Å². The maximum Gasteiger partial charge on any atom is 0.166 e. The number of aliphatic hydroxyl groups is 1. The molecule has 1 aromatic rings. The Balaban J connectivity index is 2.14. The van der Waals surface area contributed by atoms with Crippen LogP contribution in [0.2, 0.25) is 0 Å².